The van der Waals surface area contributed by atoms with Crippen molar-refractivity contribution >= 4 is 59.0 Å². The molecule has 1 aliphatic heterocycles. The van der Waals surface area contributed by atoms with E-state index in [1.807, 2.05) is 0 Å². The van der Waals surface area contributed by atoms with E-state index in [2.05, 4.69) is 9.98 Å². The lowest BCUT2D eigenvalue weighted by Crippen LogP contribution is -2.16. The summed E-state index contributed by atoms with van der Waals surface area (Å²) < 4.78 is 15.3. The molecule has 0 bridgehead atoms. The highest BCUT2D eigenvalue weighted by atomic mass is 35.5. The molecule has 5 nitrogen and oxygen atoms in total. The fraction of sp³-hybridized carbons (Fsp3) is 0. The number of hydrogen-bond donors (Lipinski definition) is 2. The van der Waals surface area contributed by atoms with Crippen LogP contribution in [0, 0.1) is 10.6 Å². The first-order valence-electron chi connectivity index (χ1n) is 7.95. The van der Waals surface area contributed by atoms with E-state index in [0.29, 0.717) is 21.8 Å². The third-order valence-electron chi connectivity index (χ3n) is 4.20. The number of aromatic nitrogens is 2. The van der Waals surface area contributed by atoms with Gasteiger partial charge < -0.3 is 5.11 Å². The van der Waals surface area contributed by atoms with Gasteiger partial charge in [0.1, 0.15) is 17.1 Å². The Labute approximate surface area is 173 Å². The Balaban J connectivity index is 1.94. The van der Waals surface area contributed by atoms with E-state index >= 15 is 0 Å². The van der Waals surface area contributed by atoms with Crippen molar-refractivity contribution in [2.45, 2.75) is 0 Å². The number of rotatable bonds is 2. The quantitative estimate of drug-likeness (QED) is 0.538. The molecule has 0 radical (unpaired) electrons. The molecule has 140 valence electrons. The smallest absolute Gasteiger partial charge is 0.262 e. The van der Waals surface area contributed by atoms with Crippen LogP contribution in [0.1, 0.15) is 11.1 Å². The summed E-state index contributed by atoms with van der Waals surface area (Å²) in [6.45, 7) is 0. The van der Waals surface area contributed by atoms with E-state index in [4.69, 9.17) is 35.4 Å². The van der Waals surface area contributed by atoms with Crippen LogP contribution in [-0.4, -0.2) is 20.9 Å². The first-order valence-corrected chi connectivity index (χ1v) is 9.11. The van der Waals surface area contributed by atoms with Gasteiger partial charge in [-0.3, -0.25) is 19.3 Å². The van der Waals surface area contributed by atoms with Crippen LogP contribution in [0.2, 0.25) is 10.0 Å². The zero-order valence-corrected chi connectivity index (χ0v) is 16.2. The van der Waals surface area contributed by atoms with Gasteiger partial charge in [-0.25, -0.2) is 4.39 Å². The Morgan fingerprint density at radius 3 is 2.61 bits per heavy atom. The molecule has 1 aliphatic rings. The van der Waals surface area contributed by atoms with Crippen molar-refractivity contribution in [2.75, 3.05) is 0 Å². The summed E-state index contributed by atoms with van der Waals surface area (Å²) in [7, 11) is 0. The number of H-pyrrole nitrogens is 1. The Morgan fingerprint density at radius 2 is 1.89 bits per heavy atom. The van der Waals surface area contributed by atoms with Crippen molar-refractivity contribution in [3.8, 4) is 11.6 Å². The monoisotopic (exact) mass is 433 g/mol. The number of allylic oxidation sites excluding steroid dienone is 1. The second-order valence-corrected chi connectivity index (χ2v) is 7.15. The summed E-state index contributed by atoms with van der Waals surface area (Å²) in [5, 5.41) is 11.5. The van der Waals surface area contributed by atoms with Crippen LogP contribution in [0.15, 0.2) is 46.2 Å². The lowest BCUT2D eigenvalue weighted by atomic mass is 10.0. The number of halogens is 3. The SMILES string of the molecule is O=c1[nH]c(=S)n(-c2ccc(Cl)cc2)c(O)c1C=C1C=Nc2c(F)ccc(Cl)c21. The number of aromatic hydroxyl groups is 1. The summed E-state index contributed by atoms with van der Waals surface area (Å²) in [5.74, 6) is -0.910. The maximum absolute atomic E-state index is 14.0. The van der Waals surface area contributed by atoms with E-state index in [-0.39, 0.29) is 26.9 Å². The highest BCUT2D eigenvalue weighted by molar-refractivity contribution is 7.71. The Bertz CT molecular complexity index is 1290. The zero-order valence-electron chi connectivity index (χ0n) is 13.9. The van der Waals surface area contributed by atoms with Crippen molar-refractivity contribution < 1.29 is 9.50 Å². The van der Waals surface area contributed by atoms with Crippen LogP contribution in [0.4, 0.5) is 10.1 Å². The van der Waals surface area contributed by atoms with Crippen LogP contribution in [0.25, 0.3) is 17.3 Å². The molecule has 0 saturated heterocycles. The first-order chi connectivity index (χ1) is 13.4. The second kappa shape index (κ2) is 7.01. The normalized spacial score (nSPS) is 13.9. The molecule has 0 fully saturated rings. The topological polar surface area (TPSA) is 70.4 Å². The third kappa shape index (κ3) is 3.07. The number of aromatic amines is 1. The maximum atomic E-state index is 14.0. The number of fused-ring (bicyclic) bond motifs is 1. The van der Waals surface area contributed by atoms with Crippen molar-refractivity contribution in [3.63, 3.8) is 0 Å². The molecule has 2 heterocycles. The molecule has 0 amide bonds. The zero-order chi connectivity index (χ0) is 20.0. The Hall–Kier alpha value is -2.74. The summed E-state index contributed by atoms with van der Waals surface area (Å²) >= 11 is 17.3. The van der Waals surface area contributed by atoms with E-state index in [1.54, 1.807) is 24.3 Å². The average Bonchev–Trinajstić information content (AvgIpc) is 3.08. The van der Waals surface area contributed by atoms with Crippen molar-refractivity contribution in [3.05, 3.63) is 78.5 Å². The molecule has 0 spiro atoms. The van der Waals surface area contributed by atoms with Gasteiger partial charge in [0.2, 0.25) is 5.88 Å². The molecule has 28 heavy (non-hydrogen) atoms. The molecule has 0 unspecified atom stereocenters. The van der Waals surface area contributed by atoms with Crippen LogP contribution in [0.3, 0.4) is 0 Å². The van der Waals surface area contributed by atoms with Gasteiger partial charge in [-0.1, -0.05) is 23.2 Å². The molecule has 2 N–H and O–H groups in total. The summed E-state index contributed by atoms with van der Waals surface area (Å²) in [6, 6.07) is 9.17. The fourth-order valence-corrected chi connectivity index (χ4v) is 3.58. The third-order valence-corrected chi connectivity index (χ3v) is 5.06. The van der Waals surface area contributed by atoms with Crippen LogP contribution < -0.4 is 5.56 Å². The lowest BCUT2D eigenvalue weighted by molar-refractivity contribution is 0.432. The van der Waals surface area contributed by atoms with Crippen LogP contribution in [-0.2, 0) is 0 Å². The van der Waals surface area contributed by atoms with Crippen molar-refractivity contribution in [2.24, 2.45) is 4.99 Å². The molecule has 3 aromatic rings. The Morgan fingerprint density at radius 1 is 1.18 bits per heavy atom. The van der Waals surface area contributed by atoms with E-state index in [9.17, 15) is 14.3 Å². The average molecular weight is 434 g/mol. The number of nitrogens with one attached hydrogen (secondary N) is 1. The number of aliphatic imine (C=N–C) groups is 1. The summed E-state index contributed by atoms with van der Waals surface area (Å²) in [6.07, 6.45) is 2.77. The molecule has 1 aromatic heterocycles. The molecule has 0 aliphatic carbocycles. The predicted octanol–water partition coefficient (Wildman–Crippen LogP) is 5.30. The van der Waals surface area contributed by atoms with Gasteiger partial charge >= 0.3 is 0 Å². The van der Waals surface area contributed by atoms with E-state index in [0.717, 1.165) is 0 Å². The minimum absolute atomic E-state index is 0.0107. The van der Waals surface area contributed by atoms with Gasteiger partial charge in [0.15, 0.2) is 4.77 Å². The second-order valence-electron chi connectivity index (χ2n) is 5.92. The minimum atomic E-state index is -0.602. The minimum Gasteiger partial charge on any atom is -0.494 e. The van der Waals surface area contributed by atoms with Gasteiger partial charge in [0.05, 0.1) is 10.7 Å². The predicted molar refractivity (Wildman–Crippen MR) is 111 cm³/mol. The van der Waals surface area contributed by atoms with Gasteiger partial charge in [-0.05, 0) is 54.7 Å². The maximum Gasteiger partial charge on any atom is 0.262 e. The first kappa shape index (κ1) is 18.6. The summed E-state index contributed by atoms with van der Waals surface area (Å²) in [5.41, 5.74) is 0.654. The highest BCUT2D eigenvalue weighted by Gasteiger charge is 2.21. The number of nitrogens with zero attached hydrogens (tertiary/aromatic N) is 2. The number of benzene rings is 2. The highest BCUT2D eigenvalue weighted by Crippen LogP contribution is 2.40. The summed E-state index contributed by atoms with van der Waals surface area (Å²) in [4.78, 5) is 19.0. The largest absolute Gasteiger partial charge is 0.494 e. The molecule has 0 atom stereocenters. The number of hydrogen-bond acceptors (Lipinski definition) is 4. The van der Waals surface area contributed by atoms with Crippen molar-refractivity contribution in [1.82, 2.24) is 9.55 Å². The van der Waals surface area contributed by atoms with Crippen molar-refractivity contribution in [1.29, 1.82) is 0 Å². The van der Waals surface area contributed by atoms with E-state index < -0.39 is 11.4 Å². The molecule has 2 aromatic carbocycles. The standard InChI is InChI=1S/C19H10Cl2FN3O2S/c20-10-1-3-11(4-2-10)25-18(27)12(17(26)24-19(25)28)7-9-8-23-16-14(22)6-5-13(21)15(9)16/h1-8,27H,(H,24,26,28). The van der Waals surface area contributed by atoms with Crippen LogP contribution >= 0.6 is 35.4 Å². The Kier molecular flexibility index (Phi) is 4.66. The van der Waals surface area contributed by atoms with Gasteiger partial charge in [0, 0.05) is 22.4 Å². The van der Waals surface area contributed by atoms with Crippen LogP contribution in [0.5, 0.6) is 5.88 Å². The fourth-order valence-electron chi connectivity index (χ4n) is 2.90. The molecular formula is C19H10Cl2FN3O2S. The van der Waals surface area contributed by atoms with E-state index in [1.165, 1.54) is 29.0 Å². The van der Waals surface area contributed by atoms with Gasteiger partial charge in [-0.2, -0.15) is 0 Å². The molecular weight excluding hydrogens is 424 g/mol. The molecule has 0 saturated carbocycles. The van der Waals surface area contributed by atoms with Gasteiger partial charge in [0.25, 0.3) is 5.56 Å². The molecule has 4 rings (SSSR count). The van der Waals surface area contributed by atoms with Gasteiger partial charge in [-0.15, -0.1) is 0 Å². The lowest BCUT2D eigenvalue weighted by Gasteiger charge is -2.12. The molecule has 9 heteroatoms.